The zero-order valence-electron chi connectivity index (χ0n) is 17.8. The fourth-order valence-corrected chi connectivity index (χ4v) is 5.30. The molecule has 1 aliphatic carbocycles. The SMILES string of the molecule is O=C(CCCCCN=C1NS(=O)(=O)c2ccccc21)OCC(=O)c1ccc2c(c1)CCC2. The smallest absolute Gasteiger partial charge is 0.306 e. The minimum atomic E-state index is -3.52. The van der Waals surface area contributed by atoms with E-state index in [1.165, 1.54) is 11.1 Å². The first-order valence-corrected chi connectivity index (χ1v) is 12.4. The first-order valence-electron chi connectivity index (χ1n) is 10.9. The van der Waals surface area contributed by atoms with E-state index in [4.69, 9.17) is 4.74 Å². The number of unbranched alkanes of at least 4 members (excludes halogenated alkanes) is 2. The summed E-state index contributed by atoms with van der Waals surface area (Å²) in [6.07, 6.45) is 5.52. The molecule has 0 spiro atoms. The van der Waals surface area contributed by atoms with Crippen LogP contribution in [-0.2, 0) is 32.4 Å². The van der Waals surface area contributed by atoms with Gasteiger partial charge in [0.1, 0.15) is 5.84 Å². The van der Waals surface area contributed by atoms with Crippen LogP contribution in [0.4, 0.5) is 0 Å². The number of amidine groups is 1. The number of fused-ring (bicyclic) bond motifs is 2. The van der Waals surface area contributed by atoms with Gasteiger partial charge in [-0.1, -0.05) is 30.7 Å². The maximum atomic E-state index is 12.3. The Hall–Kier alpha value is -3.00. The van der Waals surface area contributed by atoms with Gasteiger partial charge in [0.25, 0.3) is 10.0 Å². The van der Waals surface area contributed by atoms with Gasteiger partial charge in [-0.25, -0.2) is 8.42 Å². The summed E-state index contributed by atoms with van der Waals surface area (Å²) in [5, 5.41) is 0. The Bertz CT molecular complexity index is 1170. The van der Waals surface area contributed by atoms with E-state index >= 15 is 0 Å². The number of sulfonamides is 1. The maximum absolute atomic E-state index is 12.3. The normalized spacial score (nSPS) is 16.9. The molecule has 32 heavy (non-hydrogen) atoms. The lowest BCUT2D eigenvalue weighted by Crippen LogP contribution is -2.22. The summed E-state index contributed by atoms with van der Waals surface area (Å²) in [5.74, 6) is -0.198. The van der Waals surface area contributed by atoms with Crippen LogP contribution in [0.5, 0.6) is 0 Å². The van der Waals surface area contributed by atoms with Gasteiger partial charge in [-0.15, -0.1) is 0 Å². The van der Waals surface area contributed by atoms with Gasteiger partial charge < -0.3 is 4.74 Å². The van der Waals surface area contributed by atoms with Gasteiger partial charge in [-0.3, -0.25) is 19.3 Å². The molecule has 0 radical (unpaired) electrons. The topological polar surface area (TPSA) is 102 Å². The second-order valence-corrected chi connectivity index (χ2v) is 9.71. The second kappa shape index (κ2) is 9.65. The minimum Gasteiger partial charge on any atom is -0.457 e. The molecule has 0 aromatic heterocycles. The van der Waals surface area contributed by atoms with E-state index in [0.717, 1.165) is 25.7 Å². The van der Waals surface area contributed by atoms with Crippen molar-refractivity contribution in [1.29, 1.82) is 0 Å². The highest BCUT2D eigenvalue weighted by Gasteiger charge is 2.29. The lowest BCUT2D eigenvalue weighted by molar-refractivity contribution is -0.142. The molecule has 2 aromatic carbocycles. The van der Waals surface area contributed by atoms with E-state index in [-0.39, 0.29) is 29.7 Å². The molecule has 4 rings (SSSR count). The summed E-state index contributed by atoms with van der Waals surface area (Å²) in [5.41, 5.74) is 3.71. The van der Waals surface area contributed by atoms with Gasteiger partial charge in [0, 0.05) is 24.1 Å². The number of carbonyl (C=O) groups is 2. The maximum Gasteiger partial charge on any atom is 0.306 e. The lowest BCUT2D eigenvalue weighted by Gasteiger charge is -2.06. The highest BCUT2D eigenvalue weighted by atomic mass is 32.2. The molecule has 0 bridgehead atoms. The van der Waals surface area contributed by atoms with Crippen LogP contribution in [0.25, 0.3) is 0 Å². The molecule has 168 valence electrons. The molecular weight excluding hydrogens is 428 g/mol. The van der Waals surface area contributed by atoms with Gasteiger partial charge in [-0.05, 0) is 61.4 Å². The van der Waals surface area contributed by atoms with E-state index < -0.39 is 10.0 Å². The van der Waals surface area contributed by atoms with Crippen molar-refractivity contribution in [3.63, 3.8) is 0 Å². The highest BCUT2D eigenvalue weighted by Crippen LogP contribution is 2.23. The Balaban J connectivity index is 1.15. The number of aryl methyl sites for hydroxylation is 2. The predicted octanol–water partition coefficient (Wildman–Crippen LogP) is 3.20. The summed E-state index contributed by atoms with van der Waals surface area (Å²) >= 11 is 0. The molecule has 2 aliphatic rings. The minimum absolute atomic E-state index is 0.178. The fraction of sp³-hybridized carbons (Fsp3) is 0.375. The highest BCUT2D eigenvalue weighted by molar-refractivity contribution is 7.90. The van der Waals surface area contributed by atoms with Crippen LogP contribution in [0, 0.1) is 0 Å². The van der Waals surface area contributed by atoms with E-state index in [0.29, 0.717) is 36.3 Å². The van der Waals surface area contributed by atoms with Crippen LogP contribution in [-0.4, -0.2) is 39.2 Å². The van der Waals surface area contributed by atoms with Gasteiger partial charge in [0.05, 0.1) is 4.90 Å². The molecule has 0 amide bonds. The second-order valence-electron chi connectivity index (χ2n) is 8.06. The zero-order chi connectivity index (χ0) is 22.6. The molecule has 8 heteroatoms. The summed E-state index contributed by atoms with van der Waals surface area (Å²) in [4.78, 5) is 28.8. The monoisotopic (exact) mass is 454 g/mol. The Kier molecular flexibility index (Phi) is 6.69. The van der Waals surface area contributed by atoms with Crippen LogP contribution in [0.15, 0.2) is 52.4 Å². The molecule has 0 saturated carbocycles. The quantitative estimate of drug-likeness (QED) is 0.356. The van der Waals surface area contributed by atoms with Crippen molar-refractivity contribution in [2.75, 3.05) is 13.2 Å². The average Bonchev–Trinajstić information content (AvgIpc) is 3.36. The molecular formula is C24H26N2O5S. The number of hydrogen-bond donors (Lipinski definition) is 1. The van der Waals surface area contributed by atoms with Crippen molar-refractivity contribution in [3.8, 4) is 0 Å². The summed E-state index contributed by atoms with van der Waals surface area (Å²) in [6, 6.07) is 12.5. The number of carbonyl (C=O) groups excluding carboxylic acids is 2. The predicted molar refractivity (Wildman–Crippen MR) is 120 cm³/mol. The number of aliphatic imine (C=N–C) groups is 1. The summed E-state index contributed by atoms with van der Waals surface area (Å²) in [7, 11) is -3.52. The molecule has 1 heterocycles. The Morgan fingerprint density at radius 1 is 1.00 bits per heavy atom. The van der Waals surface area contributed by atoms with Gasteiger partial charge >= 0.3 is 5.97 Å². The lowest BCUT2D eigenvalue weighted by atomic mass is 10.0. The Labute approximate surface area is 187 Å². The largest absolute Gasteiger partial charge is 0.457 e. The van der Waals surface area contributed by atoms with Crippen LogP contribution >= 0.6 is 0 Å². The number of nitrogens with zero attached hydrogens (tertiary/aromatic N) is 1. The third kappa shape index (κ3) is 5.07. The van der Waals surface area contributed by atoms with E-state index in [1.54, 1.807) is 24.3 Å². The van der Waals surface area contributed by atoms with Crippen LogP contribution in [0.3, 0.4) is 0 Å². The Morgan fingerprint density at radius 2 is 1.81 bits per heavy atom. The van der Waals surface area contributed by atoms with Gasteiger partial charge in [0.2, 0.25) is 0 Å². The summed E-state index contributed by atoms with van der Waals surface area (Å²) in [6.45, 7) is 0.225. The van der Waals surface area contributed by atoms with Crippen molar-refractivity contribution >= 4 is 27.6 Å². The average molecular weight is 455 g/mol. The fourth-order valence-electron chi connectivity index (χ4n) is 4.05. The number of ether oxygens (including phenoxy) is 1. The number of Topliss-reactive ketones (excluding diaryl/α,β-unsaturated/α-hetero) is 1. The van der Waals surface area contributed by atoms with Gasteiger partial charge in [0.15, 0.2) is 12.4 Å². The molecule has 0 unspecified atom stereocenters. The standard InChI is InChI=1S/C24H26N2O5S/c27-21(19-13-12-17-7-6-8-18(17)15-19)16-31-23(28)11-2-1-5-14-25-24-20-9-3-4-10-22(20)32(29,30)26-24/h3-4,9-10,12-13,15H,1-2,5-8,11,14,16H2,(H,25,26). The third-order valence-electron chi connectivity index (χ3n) is 5.76. The number of hydrogen-bond acceptors (Lipinski definition) is 6. The molecule has 1 aliphatic heterocycles. The van der Waals surface area contributed by atoms with Crippen LogP contribution < -0.4 is 4.72 Å². The first kappa shape index (κ1) is 22.2. The number of benzene rings is 2. The first-order chi connectivity index (χ1) is 15.4. The van der Waals surface area contributed by atoms with E-state index in [9.17, 15) is 18.0 Å². The zero-order valence-corrected chi connectivity index (χ0v) is 18.6. The number of rotatable bonds is 9. The number of ketones is 1. The molecule has 0 saturated heterocycles. The van der Waals surface area contributed by atoms with Crippen molar-refractivity contribution in [1.82, 2.24) is 4.72 Å². The van der Waals surface area contributed by atoms with Crippen molar-refractivity contribution < 1.29 is 22.7 Å². The summed E-state index contributed by atoms with van der Waals surface area (Å²) < 4.78 is 31.7. The number of nitrogens with one attached hydrogen (secondary N) is 1. The molecule has 2 aromatic rings. The van der Waals surface area contributed by atoms with Crippen LogP contribution in [0.1, 0.15) is 59.2 Å². The number of esters is 1. The van der Waals surface area contributed by atoms with Crippen LogP contribution in [0.2, 0.25) is 0 Å². The molecule has 7 nitrogen and oxygen atoms in total. The van der Waals surface area contributed by atoms with Crippen molar-refractivity contribution in [2.45, 2.75) is 49.8 Å². The molecule has 0 fully saturated rings. The van der Waals surface area contributed by atoms with Crippen molar-refractivity contribution in [2.24, 2.45) is 4.99 Å². The van der Waals surface area contributed by atoms with E-state index in [2.05, 4.69) is 9.71 Å². The third-order valence-corrected chi connectivity index (χ3v) is 7.15. The molecule has 1 N–H and O–H groups in total. The van der Waals surface area contributed by atoms with Crippen molar-refractivity contribution in [3.05, 3.63) is 64.7 Å². The molecule has 0 atom stereocenters. The Morgan fingerprint density at radius 3 is 2.69 bits per heavy atom. The van der Waals surface area contributed by atoms with E-state index in [1.807, 2.05) is 18.2 Å². The van der Waals surface area contributed by atoms with Gasteiger partial charge in [-0.2, -0.15) is 0 Å².